The first kappa shape index (κ1) is 14.3. The van der Waals surface area contributed by atoms with Crippen molar-refractivity contribution < 1.29 is 0 Å². The van der Waals surface area contributed by atoms with E-state index in [9.17, 15) is 0 Å². The van der Waals surface area contributed by atoms with Gasteiger partial charge in [-0.1, -0.05) is 49.4 Å². The van der Waals surface area contributed by atoms with Crippen LogP contribution in [0.2, 0.25) is 0 Å². The van der Waals surface area contributed by atoms with Crippen molar-refractivity contribution in [3.8, 4) is 0 Å². The van der Waals surface area contributed by atoms with Crippen LogP contribution in [0.5, 0.6) is 0 Å². The molecule has 1 aliphatic rings. The lowest BCUT2D eigenvalue weighted by Gasteiger charge is -2.39. The maximum atomic E-state index is 6.90. The van der Waals surface area contributed by atoms with E-state index >= 15 is 0 Å². The molecule has 0 saturated carbocycles. The Kier molecular flexibility index (Phi) is 3.62. The van der Waals surface area contributed by atoms with E-state index in [1.165, 1.54) is 34.2 Å². The van der Waals surface area contributed by atoms with Crippen LogP contribution in [0.4, 0.5) is 0 Å². The molecule has 0 fully saturated rings. The highest BCUT2D eigenvalue weighted by Gasteiger charge is 2.35. The molecule has 0 amide bonds. The van der Waals surface area contributed by atoms with E-state index in [0.29, 0.717) is 5.92 Å². The van der Waals surface area contributed by atoms with Gasteiger partial charge in [0.05, 0.1) is 0 Å². The maximum absolute atomic E-state index is 6.90. The third-order valence-electron chi connectivity index (χ3n) is 5.19. The lowest BCUT2D eigenvalue weighted by atomic mass is 9.70. The third kappa shape index (κ3) is 2.51. The molecule has 0 radical (unpaired) electrons. The summed E-state index contributed by atoms with van der Waals surface area (Å²) in [6.07, 6.45) is 3.19. The van der Waals surface area contributed by atoms with Crippen LogP contribution >= 0.6 is 0 Å². The first-order valence-electron chi connectivity index (χ1n) is 7.94. The quantitative estimate of drug-likeness (QED) is 0.854. The Balaban J connectivity index is 2.04. The molecule has 0 bridgehead atoms. The summed E-state index contributed by atoms with van der Waals surface area (Å²) in [6, 6.07) is 15.3. The van der Waals surface area contributed by atoms with Crippen molar-refractivity contribution in [3.63, 3.8) is 0 Å². The van der Waals surface area contributed by atoms with Gasteiger partial charge in [0.15, 0.2) is 0 Å². The third-order valence-corrected chi connectivity index (χ3v) is 5.19. The van der Waals surface area contributed by atoms with Crippen LogP contribution in [0.3, 0.4) is 0 Å². The smallest absolute Gasteiger partial charge is 0.0453 e. The van der Waals surface area contributed by atoms with Gasteiger partial charge in [0.1, 0.15) is 0 Å². The topological polar surface area (TPSA) is 26.0 Å². The molecule has 0 heterocycles. The van der Waals surface area contributed by atoms with E-state index in [-0.39, 0.29) is 5.54 Å². The van der Waals surface area contributed by atoms with Gasteiger partial charge in [-0.25, -0.2) is 0 Å². The van der Waals surface area contributed by atoms with E-state index in [4.69, 9.17) is 5.73 Å². The van der Waals surface area contributed by atoms with Gasteiger partial charge in [0, 0.05) is 5.54 Å². The normalized spacial score (nSPS) is 24.7. The number of hydrogen-bond donors (Lipinski definition) is 1. The van der Waals surface area contributed by atoms with Gasteiger partial charge in [-0.15, -0.1) is 0 Å². The number of aryl methyl sites for hydroxylation is 2. The minimum Gasteiger partial charge on any atom is -0.321 e. The largest absolute Gasteiger partial charge is 0.321 e. The first-order valence-corrected chi connectivity index (χ1v) is 7.94. The molecule has 1 aliphatic carbocycles. The van der Waals surface area contributed by atoms with Crippen molar-refractivity contribution in [1.82, 2.24) is 0 Å². The molecule has 110 valence electrons. The number of benzene rings is 2. The van der Waals surface area contributed by atoms with Crippen LogP contribution < -0.4 is 5.73 Å². The number of nitrogens with two attached hydrogens (primary N) is 1. The van der Waals surface area contributed by atoms with E-state index in [1.54, 1.807) is 0 Å². The van der Waals surface area contributed by atoms with E-state index in [0.717, 1.165) is 12.8 Å². The average molecular weight is 279 g/mol. The van der Waals surface area contributed by atoms with Gasteiger partial charge in [-0.2, -0.15) is 0 Å². The SMILES string of the molecule is Cc1cccc(C)c1CC1(N)CCC(C)c2ccccc21. The molecule has 2 N–H and O–H groups in total. The Labute approximate surface area is 128 Å². The Hall–Kier alpha value is -1.60. The summed E-state index contributed by atoms with van der Waals surface area (Å²) in [4.78, 5) is 0. The van der Waals surface area contributed by atoms with Gasteiger partial charge >= 0.3 is 0 Å². The zero-order chi connectivity index (χ0) is 15.0. The van der Waals surface area contributed by atoms with Crippen molar-refractivity contribution in [3.05, 3.63) is 70.3 Å². The monoisotopic (exact) mass is 279 g/mol. The second-order valence-corrected chi connectivity index (χ2v) is 6.73. The molecule has 0 aliphatic heterocycles. The fourth-order valence-corrected chi connectivity index (χ4v) is 3.77. The zero-order valence-corrected chi connectivity index (χ0v) is 13.3. The Morgan fingerprint density at radius 1 is 1.05 bits per heavy atom. The molecule has 2 atom stereocenters. The molecule has 2 aromatic rings. The summed E-state index contributed by atoms with van der Waals surface area (Å²) < 4.78 is 0. The summed E-state index contributed by atoms with van der Waals surface area (Å²) in [7, 11) is 0. The highest BCUT2D eigenvalue weighted by molar-refractivity contribution is 5.42. The van der Waals surface area contributed by atoms with Gasteiger partial charge in [-0.3, -0.25) is 0 Å². The van der Waals surface area contributed by atoms with Crippen molar-refractivity contribution in [2.45, 2.75) is 51.5 Å². The highest BCUT2D eigenvalue weighted by Crippen LogP contribution is 2.42. The molecular weight excluding hydrogens is 254 g/mol. The average Bonchev–Trinajstić information content (AvgIpc) is 2.48. The molecule has 3 rings (SSSR count). The second kappa shape index (κ2) is 5.31. The fraction of sp³-hybridized carbons (Fsp3) is 0.400. The zero-order valence-electron chi connectivity index (χ0n) is 13.3. The lowest BCUT2D eigenvalue weighted by molar-refractivity contribution is 0.348. The van der Waals surface area contributed by atoms with Crippen LogP contribution in [-0.4, -0.2) is 0 Å². The summed E-state index contributed by atoms with van der Waals surface area (Å²) in [6.45, 7) is 6.71. The molecule has 0 saturated heterocycles. The van der Waals surface area contributed by atoms with Crippen LogP contribution in [-0.2, 0) is 12.0 Å². The van der Waals surface area contributed by atoms with E-state index in [2.05, 4.69) is 63.2 Å². The highest BCUT2D eigenvalue weighted by atomic mass is 14.8. The minimum atomic E-state index is -0.222. The van der Waals surface area contributed by atoms with Gasteiger partial charge < -0.3 is 5.73 Å². The molecule has 1 heteroatoms. The van der Waals surface area contributed by atoms with Gasteiger partial charge in [-0.05, 0) is 66.8 Å². The molecule has 21 heavy (non-hydrogen) atoms. The Morgan fingerprint density at radius 3 is 2.43 bits per heavy atom. The second-order valence-electron chi connectivity index (χ2n) is 6.73. The Bertz CT molecular complexity index is 638. The van der Waals surface area contributed by atoms with E-state index < -0.39 is 0 Å². The molecule has 2 aromatic carbocycles. The van der Waals surface area contributed by atoms with Gasteiger partial charge in [0.2, 0.25) is 0 Å². The fourth-order valence-electron chi connectivity index (χ4n) is 3.77. The molecular formula is C20H25N. The summed E-state index contributed by atoms with van der Waals surface area (Å²) >= 11 is 0. The van der Waals surface area contributed by atoms with Crippen LogP contribution in [0.25, 0.3) is 0 Å². The van der Waals surface area contributed by atoms with Crippen molar-refractivity contribution in [1.29, 1.82) is 0 Å². The number of hydrogen-bond acceptors (Lipinski definition) is 1. The number of rotatable bonds is 2. The maximum Gasteiger partial charge on any atom is 0.0453 e. The molecule has 0 aromatic heterocycles. The van der Waals surface area contributed by atoms with Gasteiger partial charge in [0.25, 0.3) is 0 Å². The predicted molar refractivity (Wildman–Crippen MR) is 89.6 cm³/mol. The van der Waals surface area contributed by atoms with Crippen molar-refractivity contribution in [2.24, 2.45) is 5.73 Å². The molecule has 2 unspecified atom stereocenters. The summed E-state index contributed by atoms with van der Waals surface area (Å²) in [5, 5.41) is 0. The van der Waals surface area contributed by atoms with Crippen molar-refractivity contribution in [2.75, 3.05) is 0 Å². The van der Waals surface area contributed by atoms with Crippen LogP contribution in [0, 0.1) is 13.8 Å². The van der Waals surface area contributed by atoms with Crippen molar-refractivity contribution >= 4 is 0 Å². The Morgan fingerprint density at radius 2 is 1.71 bits per heavy atom. The standard InChI is InChI=1S/C20H25N/c1-14-7-6-8-15(2)18(14)13-20(21)12-11-16(3)17-9-4-5-10-19(17)20/h4-10,16H,11-13,21H2,1-3H3. The first-order chi connectivity index (χ1) is 10.0. The predicted octanol–water partition coefficient (Wildman–Crippen LogP) is 4.60. The summed E-state index contributed by atoms with van der Waals surface area (Å²) in [5.74, 6) is 0.621. The van der Waals surface area contributed by atoms with Crippen LogP contribution in [0.15, 0.2) is 42.5 Å². The summed E-state index contributed by atoms with van der Waals surface area (Å²) in [5.41, 5.74) is 13.6. The lowest BCUT2D eigenvalue weighted by Crippen LogP contribution is -2.43. The van der Waals surface area contributed by atoms with E-state index in [1.807, 2.05) is 0 Å². The molecule has 1 nitrogen and oxygen atoms in total. The number of fused-ring (bicyclic) bond motifs is 1. The van der Waals surface area contributed by atoms with Crippen LogP contribution in [0.1, 0.15) is 53.5 Å². The molecule has 0 spiro atoms. The minimum absolute atomic E-state index is 0.222.